The largest absolute Gasteiger partial charge is 0.375 e. The number of carbonyl (C=O) groups is 1. The van der Waals surface area contributed by atoms with E-state index < -0.39 is 0 Å². The summed E-state index contributed by atoms with van der Waals surface area (Å²) in [7, 11) is 0. The van der Waals surface area contributed by atoms with Gasteiger partial charge in [-0.05, 0) is 18.6 Å². The van der Waals surface area contributed by atoms with Crippen LogP contribution in [0.3, 0.4) is 0 Å². The van der Waals surface area contributed by atoms with Crippen LogP contribution in [0.5, 0.6) is 0 Å². The molecule has 1 amide bonds. The average molecular weight is 308 g/mol. The molecule has 1 aliphatic rings. The van der Waals surface area contributed by atoms with Crippen molar-refractivity contribution in [3.63, 3.8) is 0 Å². The molecular formula is C12H19Cl2N3O2. The van der Waals surface area contributed by atoms with E-state index in [9.17, 15) is 4.79 Å². The fourth-order valence-electron chi connectivity index (χ4n) is 1.77. The molecule has 0 aromatic carbocycles. The third-order valence-corrected chi connectivity index (χ3v) is 2.71. The van der Waals surface area contributed by atoms with Crippen molar-refractivity contribution in [1.29, 1.82) is 0 Å². The van der Waals surface area contributed by atoms with Gasteiger partial charge in [-0.1, -0.05) is 0 Å². The molecule has 0 bridgehead atoms. The van der Waals surface area contributed by atoms with Gasteiger partial charge in [0.25, 0.3) is 0 Å². The molecule has 1 saturated heterocycles. The molecule has 1 fully saturated rings. The van der Waals surface area contributed by atoms with Gasteiger partial charge in [0, 0.05) is 31.2 Å². The standard InChI is InChI=1S/C12H17N3O2.2ClH/c1-9-7-13-3-2-11(9)15-12(16)6-10-8-14-4-5-17-10;;/h2-3,7,10,14H,4-6,8H2,1H3,(H,13,15,16);2*1H. The highest BCUT2D eigenvalue weighted by molar-refractivity contribution is 5.91. The van der Waals surface area contributed by atoms with E-state index >= 15 is 0 Å². The maximum atomic E-state index is 11.8. The smallest absolute Gasteiger partial charge is 0.227 e. The Hall–Kier alpha value is -0.880. The van der Waals surface area contributed by atoms with Crippen LogP contribution in [0, 0.1) is 6.92 Å². The first-order chi connectivity index (χ1) is 8.25. The minimum Gasteiger partial charge on any atom is -0.375 e. The van der Waals surface area contributed by atoms with Gasteiger partial charge in [0.05, 0.1) is 19.1 Å². The number of ether oxygens (including phenoxy) is 1. The first kappa shape index (κ1) is 18.1. The molecule has 7 heteroatoms. The normalized spacial score (nSPS) is 17.8. The summed E-state index contributed by atoms with van der Waals surface area (Å²) in [6, 6.07) is 1.80. The van der Waals surface area contributed by atoms with Crippen LogP contribution in [0.25, 0.3) is 0 Å². The van der Waals surface area contributed by atoms with Gasteiger partial charge in [-0.25, -0.2) is 0 Å². The van der Waals surface area contributed by atoms with Gasteiger partial charge in [0.15, 0.2) is 0 Å². The van der Waals surface area contributed by atoms with Crippen molar-refractivity contribution in [2.24, 2.45) is 0 Å². The molecule has 19 heavy (non-hydrogen) atoms. The van der Waals surface area contributed by atoms with Crippen LogP contribution in [0.2, 0.25) is 0 Å². The van der Waals surface area contributed by atoms with E-state index in [1.54, 1.807) is 18.5 Å². The van der Waals surface area contributed by atoms with Gasteiger partial charge < -0.3 is 15.4 Å². The van der Waals surface area contributed by atoms with Crippen LogP contribution in [0.15, 0.2) is 18.5 Å². The molecular weight excluding hydrogens is 289 g/mol. The summed E-state index contributed by atoms with van der Waals surface area (Å²) in [4.78, 5) is 15.8. The van der Waals surface area contributed by atoms with Crippen LogP contribution in [0.4, 0.5) is 5.69 Å². The van der Waals surface area contributed by atoms with Crippen molar-refractivity contribution in [2.45, 2.75) is 19.4 Å². The molecule has 2 rings (SSSR count). The molecule has 2 heterocycles. The van der Waals surface area contributed by atoms with Gasteiger partial charge in [0.2, 0.25) is 5.91 Å². The van der Waals surface area contributed by atoms with E-state index in [2.05, 4.69) is 15.6 Å². The van der Waals surface area contributed by atoms with Crippen LogP contribution < -0.4 is 10.6 Å². The lowest BCUT2D eigenvalue weighted by Crippen LogP contribution is -2.40. The second-order valence-electron chi connectivity index (χ2n) is 4.14. The molecule has 0 spiro atoms. The summed E-state index contributed by atoms with van der Waals surface area (Å²) >= 11 is 0. The number of aryl methyl sites for hydroxylation is 1. The second-order valence-corrected chi connectivity index (χ2v) is 4.14. The minimum atomic E-state index is -0.0223. The van der Waals surface area contributed by atoms with Gasteiger partial charge in [-0.3, -0.25) is 9.78 Å². The number of pyridine rings is 1. The Kier molecular flexibility index (Phi) is 8.67. The monoisotopic (exact) mass is 307 g/mol. The second kappa shape index (κ2) is 9.09. The Bertz CT molecular complexity index is 398. The van der Waals surface area contributed by atoms with Crippen LogP contribution in [0.1, 0.15) is 12.0 Å². The summed E-state index contributed by atoms with van der Waals surface area (Å²) in [6.07, 6.45) is 3.76. The number of amides is 1. The zero-order valence-corrected chi connectivity index (χ0v) is 12.4. The van der Waals surface area contributed by atoms with Crippen molar-refractivity contribution in [1.82, 2.24) is 10.3 Å². The predicted molar refractivity (Wildman–Crippen MR) is 79.3 cm³/mol. The molecule has 1 atom stereocenters. The fourth-order valence-corrected chi connectivity index (χ4v) is 1.77. The molecule has 108 valence electrons. The molecule has 1 unspecified atom stereocenters. The summed E-state index contributed by atoms with van der Waals surface area (Å²) in [5.41, 5.74) is 1.78. The number of halogens is 2. The van der Waals surface area contributed by atoms with E-state index in [1.165, 1.54) is 0 Å². The zero-order chi connectivity index (χ0) is 12.1. The average Bonchev–Trinajstić information content (AvgIpc) is 2.33. The van der Waals surface area contributed by atoms with Crippen LogP contribution in [-0.2, 0) is 9.53 Å². The van der Waals surface area contributed by atoms with Crippen LogP contribution >= 0.6 is 24.8 Å². The quantitative estimate of drug-likeness (QED) is 0.889. The van der Waals surface area contributed by atoms with Gasteiger partial charge in [-0.2, -0.15) is 0 Å². The maximum absolute atomic E-state index is 11.8. The predicted octanol–water partition coefficient (Wildman–Crippen LogP) is 1.55. The number of aromatic nitrogens is 1. The highest BCUT2D eigenvalue weighted by Gasteiger charge is 2.17. The Morgan fingerprint density at radius 1 is 1.58 bits per heavy atom. The van der Waals surface area contributed by atoms with E-state index in [-0.39, 0.29) is 36.8 Å². The van der Waals surface area contributed by atoms with Crippen LogP contribution in [-0.4, -0.2) is 36.7 Å². The summed E-state index contributed by atoms with van der Waals surface area (Å²) in [6.45, 7) is 4.19. The van der Waals surface area contributed by atoms with Gasteiger partial charge >= 0.3 is 0 Å². The Morgan fingerprint density at radius 3 is 3.00 bits per heavy atom. The zero-order valence-electron chi connectivity index (χ0n) is 10.7. The third kappa shape index (κ3) is 5.74. The lowest BCUT2D eigenvalue weighted by molar-refractivity contribution is -0.119. The van der Waals surface area contributed by atoms with E-state index in [4.69, 9.17) is 4.74 Å². The molecule has 0 aliphatic carbocycles. The highest BCUT2D eigenvalue weighted by atomic mass is 35.5. The van der Waals surface area contributed by atoms with Gasteiger partial charge in [-0.15, -0.1) is 24.8 Å². The van der Waals surface area contributed by atoms with E-state index in [1.807, 2.05) is 6.92 Å². The lowest BCUT2D eigenvalue weighted by atomic mass is 10.2. The van der Waals surface area contributed by atoms with E-state index in [0.717, 1.165) is 24.3 Å². The van der Waals surface area contributed by atoms with Crippen molar-refractivity contribution in [3.8, 4) is 0 Å². The molecule has 5 nitrogen and oxygen atoms in total. The van der Waals surface area contributed by atoms with Crippen molar-refractivity contribution >= 4 is 36.4 Å². The SMILES string of the molecule is Cc1cnccc1NC(=O)CC1CNCCO1.Cl.Cl. The van der Waals surface area contributed by atoms with Crippen molar-refractivity contribution in [2.75, 3.05) is 25.0 Å². The number of carbonyl (C=O) groups excluding carboxylic acids is 1. The van der Waals surface area contributed by atoms with E-state index in [0.29, 0.717) is 13.0 Å². The fraction of sp³-hybridized carbons (Fsp3) is 0.500. The third-order valence-electron chi connectivity index (χ3n) is 2.71. The lowest BCUT2D eigenvalue weighted by Gasteiger charge is -2.23. The Morgan fingerprint density at radius 2 is 2.37 bits per heavy atom. The first-order valence-corrected chi connectivity index (χ1v) is 5.78. The molecule has 2 N–H and O–H groups in total. The van der Waals surface area contributed by atoms with Gasteiger partial charge in [0.1, 0.15) is 0 Å². The Balaban J connectivity index is 0.00000162. The highest BCUT2D eigenvalue weighted by Crippen LogP contribution is 2.12. The number of anilines is 1. The van der Waals surface area contributed by atoms with Crippen molar-refractivity contribution in [3.05, 3.63) is 24.0 Å². The number of morpholine rings is 1. The number of nitrogens with zero attached hydrogens (tertiary/aromatic N) is 1. The summed E-state index contributed by atoms with van der Waals surface area (Å²) in [5, 5.41) is 6.07. The number of hydrogen-bond acceptors (Lipinski definition) is 4. The molecule has 0 saturated carbocycles. The van der Waals surface area contributed by atoms with Crippen molar-refractivity contribution < 1.29 is 9.53 Å². The Labute approximate surface area is 125 Å². The summed E-state index contributed by atoms with van der Waals surface area (Å²) < 4.78 is 5.48. The minimum absolute atomic E-state index is 0. The number of rotatable bonds is 3. The molecule has 1 aromatic heterocycles. The number of hydrogen-bond donors (Lipinski definition) is 2. The first-order valence-electron chi connectivity index (χ1n) is 5.78. The maximum Gasteiger partial charge on any atom is 0.227 e. The molecule has 0 radical (unpaired) electrons. The topological polar surface area (TPSA) is 63.2 Å². The summed E-state index contributed by atoms with van der Waals surface area (Å²) in [5.74, 6) is -0.0204. The molecule has 1 aromatic rings. The molecule has 1 aliphatic heterocycles. The number of nitrogens with one attached hydrogen (secondary N) is 2.